The Morgan fingerprint density at radius 3 is 2.55 bits per heavy atom. The van der Waals surface area contributed by atoms with E-state index in [4.69, 9.17) is 5.26 Å². The zero-order valence-corrected chi connectivity index (χ0v) is 10.8. The standard InChI is InChI=1S/C12H12F3N3O2/c1-8(6-16)7-17(2)11-4-3-9(18(19)20)5-10(11)12(13,14)15/h3-5,8H,7H2,1-2H3. The average Bonchev–Trinajstić information content (AvgIpc) is 2.36. The normalized spacial score (nSPS) is 12.6. The molecule has 1 unspecified atom stereocenters. The second kappa shape index (κ2) is 5.77. The lowest BCUT2D eigenvalue weighted by Crippen LogP contribution is -2.26. The lowest BCUT2D eigenvalue weighted by atomic mass is 10.1. The number of non-ortho nitro benzene ring substituents is 1. The molecule has 0 saturated carbocycles. The van der Waals surface area contributed by atoms with Gasteiger partial charge in [0.1, 0.15) is 0 Å². The molecular formula is C12H12F3N3O2. The van der Waals surface area contributed by atoms with Crippen molar-refractivity contribution in [2.45, 2.75) is 13.1 Å². The quantitative estimate of drug-likeness (QED) is 0.629. The molecule has 0 heterocycles. The second-order valence-corrected chi connectivity index (χ2v) is 4.37. The monoisotopic (exact) mass is 287 g/mol. The molecule has 108 valence electrons. The summed E-state index contributed by atoms with van der Waals surface area (Å²) < 4.78 is 38.9. The van der Waals surface area contributed by atoms with Gasteiger partial charge in [0.15, 0.2) is 0 Å². The molecule has 0 spiro atoms. The highest BCUT2D eigenvalue weighted by Crippen LogP contribution is 2.38. The number of benzene rings is 1. The van der Waals surface area contributed by atoms with Crippen molar-refractivity contribution in [3.8, 4) is 6.07 Å². The molecule has 0 radical (unpaired) electrons. The minimum absolute atomic E-state index is 0.0946. The number of nitriles is 1. The molecule has 5 nitrogen and oxygen atoms in total. The van der Waals surface area contributed by atoms with Crippen molar-refractivity contribution in [2.75, 3.05) is 18.5 Å². The van der Waals surface area contributed by atoms with Crippen LogP contribution in [0.1, 0.15) is 12.5 Å². The molecular weight excluding hydrogens is 275 g/mol. The summed E-state index contributed by atoms with van der Waals surface area (Å²) in [6, 6.07) is 4.48. The van der Waals surface area contributed by atoms with E-state index in [1.165, 1.54) is 11.9 Å². The number of nitro groups is 1. The number of anilines is 1. The van der Waals surface area contributed by atoms with Crippen LogP contribution in [-0.2, 0) is 6.18 Å². The molecule has 0 fully saturated rings. The van der Waals surface area contributed by atoms with Crippen molar-refractivity contribution in [3.63, 3.8) is 0 Å². The zero-order valence-electron chi connectivity index (χ0n) is 10.8. The third kappa shape index (κ3) is 3.60. The lowest BCUT2D eigenvalue weighted by molar-refractivity contribution is -0.385. The van der Waals surface area contributed by atoms with Crippen molar-refractivity contribution in [1.82, 2.24) is 0 Å². The van der Waals surface area contributed by atoms with Crippen LogP contribution in [0.15, 0.2) is 18.2 Å². The van der Waals surface area contributed by atoms with Crippen LogP contribution in [0.3, 0.4) is 0 Å². The van der Waals surface area contributed by atoms with Crippen molar-refractivity contribution in [3.05, 3.63) is 33.9 Å². The second-order valence-electron chi connectivity index (χ2n) is 4.37. The van der Waals surface area contributed by atoms with Gasteiger partial charge in [0.25, 0.3) is 5.69 Å². The maximum Gasteiger partial charge on any atom is 0.418 e. The van der Waals surface area contributed by atoms with Gasteiger partial charge in [0, 0.05) is 31.4 Å². The van der Waals surface area contributed by atoms with Crippen LogP contribution in [0.2, 0.25) is 0 Å². The first kappa shape index (κ1) is 15.8. The third-order valence-corrected chi connectivity index (χ3v) is 2.68. The predicted molar refractivity (Wildman–Crippen MR) is 66.1 cm³/mol. The predicted octanol–water partition coefficient (Wildman–Crippen LogP) is 3.21. The highest BCUT2D eigenvalue weighted by atomic mass is 19.4. The smallest absolute Gasteiger partial charge is 0.373 e. The van der Waals surface area contributed by atoms with E-state index in [-0.39, 0.29) is 12.2 Å². The van der Waals surface area contributed by atoms with E-state index in [0.717, 1.165) is 12.1 Å². The first-order valence-electron chi connectivity index (χ1n) is 5.63. The summed E-state index contributed by atoms with van der Waals surface area (Å²) in [4.78, 5) is 11.0. The average molecular weight is 287 g/mol. The van der Waals surface area contributed by atoms with Gasteiger partial charge in [0.05, 0.1) is 22.5 Å². The number of rotatable bonds is 4. The first-order chi connectivity index (χ1) is 9.16. The number of nitrogens with zero attached hydrogens (tertiary/aromatic N) is 3. The minimum atomic E-state index is -4.70. The number of nitro benzene ring substituents is 1. The van der Waals surface area contributed by atoms with Crippen molar-refractivity contribution in [2.24, 2.45) is 5.92 Å². The fraction of sp³-hybridized carbons (Fsp3) is 0.417. The fourth-order valence-corrected chi connectivity index (χ4v) is 1.75. The van der Waals surface area contributed by atoms with E-state index in [9.17, 15) is 23.3 Å². The molecule has 0 aliphatic rings. The number of hydrogen-bond acceptors (Lipinski definition) is 4. The minimum Gasteiger partial charge on any atom is -0.373 e. The van der Waals surface area contributed by atoms with E-state index >= 15 is 0 Å². The maximum atomic E-state index is 13.0. The molecule has 0 N–H and O–H groups in total. The highest BCUT2D eigenvalue weighted by Gasteiger charge is 2.36. The summed E-state index contributed by atoms with van der Waals surface area (Å²) >= 11 is 0. The third-order valence-electron chi connectivity index (χ3n) is 2.68. The van der Waals surface area contributed by atoms with Gasteiger partial charge in [-0.3, -0.25) is 10.1 Å². The van der Waals surface area contributed by atoms with Crippen molar-refractivity contribution < 1.29 is 18.1 Å². The van der Waals surface area contributed by atoms with Crippen LogP contribution >= 0.6 is 0 Å². The molecule has 1 aromatic rings. The first-order valence-corrected chi connectivity index (χ1v) is 5.63. The Hall–Kier alpha value is -2.30. The number of hydrogen-bond donors (Lipinski definition) is 0. The summed E-state index contributed by atoms with van der Waals surface area (Å²) in [7, 11) is 1.41. The van der Waals surface area contributed by atoms with E-state index in [1.54, 1.807) is 6.92 Å². The van der Waals surface area contributed by atoms with E-state index in [0.29, 0.717) is 6.07 Å². The molecule has 1 atom stereocenters. The topological polar surface area (TPSA) is 70.2 Å². The molecule has 0 aromatic heterocycles. The van der Waals surface area contributed by atoms with Gasteiger partial charge >= 0.3 is 6.18 Å². The van der Waals surface area contributed by atoms with Crippen LogP contribution in [0.4, 0.5) is 24.5 Å². The molecule has 0 bridgehead atoms. The Kier molecular flexibility index (Phi) is 4.55. The van der Waals surface area contributed by atoms with Gasteiger partial charge in [-0.2, -0.15) is 18.4 Å². The van der Waals surface area contributed by atoms with Crippen LogP contribution in [0.25, 0.3) is 0 Å². The van der Waals surface area contributed by atoms with Crippen LogP contribution in [0.5, 0.6) is 0 Å². The Bertz CT molecular complexity index is 552. The molecule has 0 aliphatic heterocycles. The van der Waals surface area contributed by atoms with E-state index in [2.05, 4.69) is 0 Å². The van der Waals surface area contributed by atoms with Gasteiger partial charge in [-0.05, 0) is 13.0 Å². The van der Waals surface area contributed by atoms with Gasteiger partial charge in [-0.25, -0.2) is 0 Å². The van der Waals surface area contributed by atoms with Gasteiger partial charge in [-0.1, -0.05) is 0 Å². The highest BCUT2D eigenvalue weighted by molar-refractivity contribution is 5.58. The lowest BCUT2D eigenvalue weighted by Gasteiger charge is -2.24. The molecule has 0 saturated heterocycles. The van der Waals surface area contributed by atoms with Crippen molar-refractivity contribution >= 4 is 11.4 Å². The number of halogens is 3. The molecule has 8 heteroatoms. The molecule has 0 amide bonds. The molecule has 0 aliphatic carbocycles. The molecule has 1 aromatic carbocycles. The van der Waals surface area contributed by atoms with Gasteiger partial charge < -0.3 is 4.90 Å². The van der Waals surface area contributed by atoms with Crippen LogP contribution in [-0.4, -0.2) is 18.5 Å². The Labute approximate surface area is 113 Å². The van der Waals surface area contributed by atoms with Crippen LogP contribution < -0.4 is 4.90 Å². The molecule has 20 heavy (non-hydrogen) atoms. The SMILES string of the molecule is CC(C#N)CN(C)c1ccc([N+](=O)[O-])cc1C(F)(F)F. The van der Waals surface area contributed by atoms with Gasteiger partial charge in [0.2, 0.25) is 0 Å². The van der Waals surface area contributed by atoms with Gasteiger partial charge in [-0.15, -0.1) is 0 Å². The summed E-state index contributed by atoms with van der Waals surface area (Å²) in [5.41, 5.74) is -1.90. The zero-order chi connectivity index (χ0) is 15.5. The summed E-state index contributed by atoms with van der Waals surface area (Å²) in [5.74, 6) is -0.462. The number of alkyl halides is 3. The molecule has 1 rings (SSSR count). The van der Waals surface area contributed by atoms with E-state index < -0.39 is 28.3 Å². The summed E-state index contributed by atoms with van der Waals surface area (Å²) in [6.07, 6.45) is -4.70. The Balaban J connectivity index is 3.26. The van der Waals surface area contributed by atoms with Crippen LogP contribution in [0, 0.1) is 27.4 Å². The van der Waals surface area contributed by atoms with E-state index in [1.807, 2.05) is 6.07 Å². The maximum absolute atomic E-state index is 13.0. The summed E-state index contributed by atoms with van der Waals surface area (Å²) in [5, 5.41) is 19.3. The van der Waals surface area contributed by atoms with Crippen molar-refractivity contribution in [1.29, 1.82) is 5.26 Å². The summed E-state index contributed by atoms with van der Waals surface area (Å²) in [6.45, 7) is 1.67. The Morgan fingerprint density at radius 1 is 1.50 bits per heavy atom. The fourth-order valence-electron chi connectivity index (χ4n) is 1.75. The Morgan fingerprint density at radius 2 is 2.10 bits per heavy atom. The largest absolute Gasteiger partial charge is 0.418 e.